The minimum absolute atomic E-state index is 0.689. The van der Waals surface area contributed by atoms with Crippen LogP contribution in [0, 0.1) is 5.92 Å². The van der Waals surface area contributed by atoms with Crippen LogP contribution in [0.15, 0.2) is 66.9 Å². The van der Waals surface area contributed by atoms with Crippen molar-refractivity contribution in [2.24, 2.45) is 5.92 Å². The highest BCUT2D eigenvalue weighted by Gasteiger charge is 2.30. The van der Waals surface area contributed by atoms with E-state index in [1.165, 1.54) is 99.8 Å². The monoisotopic (exact) mass is 442 g/mol. The molecule has 1 aliphatic rings. The molecule has 1 aromatic heterocycles. The molecule has 1 heterocycles. The lowest BCUT2D eigenvalue weighted by Gasteiger charge is -2.28. The first-order valence-electron chi connectivity index (χ1n) is 13.8. The van der Waals surface area contributed by atoms with Crippen molar-refractivity contribution in [3.63, 3.8) is 0 Å². The first-order valence-corrected chi connectivity index (χ1v) is 13.8. The molecule has 33 heavy (non-hydrogen) atoms. The van der Waals surface area contributed by atoms with E-state index < -0.39 is 0 Å². The number of fused-ring (bicyclic) bond motifs is 1. The molecule has 1 nitrogen and oxygen atoms in total. The van der Waals surface area contributed by atoms with Crippen LogP contribution in [0.25, 0.3) is 10.8 Å². The van der Waals surface area contributed by atoms with Crippen molar-refractivity contribution in [2.45, 2.75) is 103 Å². The third kappa shape index (κ3) is 6.92. The van der Waals surface area contributed by atoms with Gasteiger partial charge < -0.3 is 0 Å². The molecular weight excluding hydrogens is 398 g/mol. The molecule has 176 valence electrons. The van der Waals surface area contributed by atoms with Gasteiger partial charge in [0.05, 0.1) is 0 Å². The first-order chi connectivity index (χ1) is 16.3. The maximum atomic E-state index is 2.54. The van der Waals surface area contributed by atoms with Crippen molar-refractivity contribution in [1.29, 1.82) is 0 Å². The Bertz CT molecular complexity index is 953. The smallest absolute Gasteiger partial charge is 0.192 e. The van der Waals surface area contributed by atoms with E-state index in [2.05, 4.69) is 78.4 Å². The summed E-state index contributed by atoms with van der Waals surface area (Å²) in [6.45, 7) is 3.27. The molecule has 0 unspecified atom stereocenters. The van der Waals surface area contributed by atoms with E-state index >= 15 is 0 Å². The summed E-state index contributed by atoms with van der Waals surface area (Å²) in [7, 11) is 0. The molecule has 0 atom stereocenters. The van der Waals surface area contributed by atoms with Crippen LogP contribution in [-0.2, 0) is 6.54 Å². The summed E-state index contributed by atoms with van der Waals surface area (Å²) in [4.78, 5) is 0. The molecule has 3 aromatic rings. The molecule has 0 radical (unpaired) electrons. The standard InChI is InChI=1S/C32H44N/c1-2-3-4-5-6-7-8-10-15-27-20-22-30(23-21-27)32-31-19-14-13-18-29(31)24-25-33(32)26-28-16-11-9-12-17-28/h9,11-14,16-19,24-25,27,30H,2-8,10,15,20-23,26H2,1H3/q+1. The zero-order valence-corrected chi connectivity index (χ0v) is 20.9. The van der Waals surface area contributed by atoms with Crippen LogP contribution < -0.4 is 4.57 Å². The quantitative estimate of drug-likeness (QED) is 0.195. The Kier molecular flexibility index (Phi) is 9.39. The lowest BCUT2D eigenvalue weighted by Crippen LogP contribution is -2.40. The molecule has 0 aliphatic heterocycles. The Balaban J connectivity index is 1.34. The van der Waals surface area contributed by atoms with E-state index in [0.717, 1.165) is 12.5 Å². The van der Waals surface area contributed by atoms with Crippen molar-refractivity contribution in [2.75, 3.05) is 0 Å². The normalized spacial score (nSPS) is 18.6. The topological polar surface area (TPSA) is 3.88 Å². The highest BCUT2D eigenvalue weighted by Crippen LogP contribution is 2.39. The largest absolute Gasteiger partial charge is 0.197 e. The number of pyridine rings is 1. The number of unbranched alkanes of at least 4 members (excludes halogenated alkanes) is 7. The summed E-state index contributed by atoms with van der Waals surface area (Å²) in [6, 6.07) is 22.3. The Hall–Kier alpha value is -2.15. The van der Waals surface area contributed by atoms with Crippen LogP contribution in [0.5, 0.6) is 0 Å². The summed E-state index contributed by atoms with van der Waals surface area (Å²) in [5, 5.41) is 2.85. The van der Waals surface area contributed by atoms with Crippen LogP contribution in [0.4, 0.5) is 0 Å². The van der Waals surface area contributed by atoms with Gasteiger partial charge in [0.25, 0.3) is 0 Å². The van der Waals surface area contributed by atoms with Crippen molar-refractivity contribution in [3.8, 4) is 0 Å². The summed E-state index contributed by atoms with van der Waals surface area (Å²) >= 11 is 0. The van der Waals surface area contributed by atoms with Gasteiger partial charge in [-0.1, -0.05) is 113 Å². The van der Waals surface area contributed by atoms with Gasteiger partial charge in [0, 0.05) is 22.9 Å². The number of aromatic nitrogens is 1. The van der Waals surface area contributed by atoms with E-state index in [9.17, 15) is 0 Å². The van der Waals surface area contributed by atoms with Crippen LogP contribution >= 0.6 is 0 Å². The fourth-order valence-corrected chi connectivity index (χ4v) is 5.94. The molecule has 0 spiro atoms. The van der Waals surface area contributed by atoms with Gasteiger partial charge in [0.2, 0.25) is 0 Å². The molecule has 4 rings (SSSR count). The first kappa shape index (κ1) is 24.0. The average Bonchev–Trinajstić information content (AvgIpc) is 2.87. The maximum absolute atomic E-state index is 2.54. The predicted molar refractivity (Wildman–Crippen MR) is 142 cm³/mol. The molecular formula is C32H44N+. The Morgan fingerprint density at radius 2 is 1.36 bits per heavy atom. The van der Waals surface area contributed by atoms with Gasteiger partial charge in [-0.15, -0.1) is 0 Å². The third-order valence-electron chi connectivity index (χ3n) is 7.88. The summed E-state index contributed by atoms with van der Waals surface area (Å²) in [5.74, 6) is 1.65. The minimum Gasteiger partial charge on any atom is -0.197 e. The molecule has 1 fully saturated rings. The van der Waals surface area contributed by atoms with Crippen molar-refractivity contribution in [3.05, 3.63) is 78.1 Å². The molecule has 1 aliphatic carbocycles. The zero-order valence-electron chi connectivity index (χ0n) is 20.9. The number of hydrogen-bond acceptors (Lipinski definition) is 0. The maximum Gasteiger partial charge on any atom is 0.192 e. The molecule has 0 saturated heterocycles. The van der Waals surface area contributed by atoms with Gasteiger partial charge in [-0.25, -0.2) is 0 Å². The number of rotatable bonds is 12. The van der Waals surface area contributed by atoms with Gasteiger partial charge in [-0.3, -0.25) is 0 Å². The minimum atomic E-state index is 0.689. The fourth-order valence-electron chi connectivity index (χ4n) is 5.94. The number of nitrogens with zero attached hydrogens (tertiary/aromatic N) is 1. The van der Waals surface area contributed by atoms with Gasteiger partial charge in [0.1, 0.15) is 0 Å². The van der Waals surface area contributed by atoms with E-state index in [-0.39, 0.29) is 0 Å². The van der Waals surface area contributed by atoms with Crippen LogP contribution in [-0.4, -0.2) is 0 Å². The van der Waals surface area contributed by atoms with E-state index in [1.54, 1.807) is 5.69 Å². The molecule has 0 bridgehead atoms. The molecule has 1 heteroatoms. The van der Waals surface area contributed by atoms with Gasteiger partial charge in [0.15, 0.2) is 18.4 Å². The second kappa shape index (κ2) is 12.9. The fraction of sp³-hybridized carbons (Fsp3) is 0.531. The Morgan fingerprint density at radius 3 is 2.12 bits per heavy atom. The number of benzene rings is 2. The molecule has 0 N–H and O–H groups in total. The summed E-state index contributed by atoms with van der Waals surface area (Å²) in [6.07, 6.45) is 20.8. The zero-order chi connectivity index (χ0) is 22.7. The van der Waals surface area contributed by atoms with Crippen molar-refractivity contribution < 1.29 is 4.57 Å². The van der Waals surface area contributed by atoms with E-state index in [0.29, 0.717) is 5.92 Å². The summed E-state index contributed by atoms with van der Waals surface area (Å²) in [5.41, 5.74) is 2.96. The highest BCUT2D eigenvalue weighted by atomic mass is 15.0. The lowest BCUT2D eigenvalue weighted by molar-refractivity contribution is -0.695. The van der Waals surface area contributed by atoms with Crippen molar-refractivity contribution >= 4 is 10.8 Å². The van der Waals surface area contributed by atoms with Gasteiger partial charge in [-0.2, -0.15) is 4.57 Å². The lowest BCUT2D eigenvalue weighted by atomic mass is 9.77. The number of hydrogen-bond donors (Lipinski definition) is 0. The second-order valence-corrected chi connectivity index (χ2v) is 10.4. The van der Waals surface area contributed by atoms with Crippen LogP contribution in [0.2, 0.25) is 0 Å². The molecule has 2 aromatic carbocycles. The highest BCUT2D eigenvalue weighted by molar-refractivity contribution is 5.83. The Labute approximate surface area is 202 Å². The van der Waals surface area contributed by atoms with Crippen LogP contribution in [0.1, 0.15) is 108 Å². The van der Waals surface area contributed by atoms with Gasteiger partial charge >= 0.3 is 0 Å². The van der Waals surface area contributed by atoms with E-state index in [4.69, 9.17) is 0 Å². The predicted octanol–water partition coefficient (Wildman–Crippen LogP) is 8.98. The molecule has 0 amide bonds. The summed E-state index contributed by atoms with van der Waals surface area (Å²) < 4.78 is 2.54. The average molecular weight is 443 g/mol. The second-order valence-electron chi connectivity index (χ2n) is 10.4. The van der Waals surface area contributed by atoms with Crippen molar-refractivity contribution in [1.82, 2.24) is 0 Å². The van der Waals surface area contributed by atoms with Gasteiger partial charge in [-0.05, 0) is 43.1 Å². The Morgan fingerprint density at radius 1 is 0.697 bits per heavy atom. The third-order valence-corrected chi connectivity index (χ3v) is 7.88. The van der Waals surface area contributed by atoms with Crippen LogP contribution in [0.3, 0.4) is 0 Å². The van der Waals surface area contributed by atoms with E-state index in [1.807, 2.05) is 0 Å². The molecule has 1 saturated carbocycles. The SMILES string of the molecule is CCCCCCCCCCC1CCC(c2c3ccccc3cc[n+]2Cc2ccccc2)CC1.